The summed E-state index contributed by atoms with van der Waals surface area (Å²) in [7, 11) is -0.609. The van der Waals surface area contributed by atoms with Gasteiger partial charge in [-0.2, -0.15) is 4.31 Å². The molecule has 1 aromatic rings. The Kier molecular flexibility index (Phi) is 7.74. The van der Waals surface area contributed by atoms with E-state index >= 15 is 0 Å². The van der Waals surface area contributed by atoms with Crippen molar-refractivity contribution in [3.63, 3.8) is 0 Å². The van der Waals surface area contributed by atoms with E-state index < -0.39 is 28.5 Å². The van der Waals surface area contributed by atoms with Crippen molar-refractivity contribution in [2.24, 2.45) is 0 Å². The molecule has 160 valence electrons. The third-order valence-corrected chi connectivity index (χ3v) is 6.70. The topological polar surface area (TPSA) is 113 Å². The van der Waals surface area contributed by atoms with Gasteiger partial charge in [-0.05, 0) is 38.0 Å². The third kappa shape index (κ3) is 6.01. The maximum absolute atomic E-state index is 12.9. The Hall–Kier alpha value is -2.46. The van der Waals surface area contributed by atoms with Crippen molar-refractivity contribution in [3.8, 4) is 0 Å². The molecule has 1 fully saturated rings. The van der Waals surface area contributed by atoms with Crippen LogP contribution in [0.5, 0.6) is 0 Å². The summed E-state index contributed by atoms with van der Waals surface area (Å²) >= 11 is 0. The quantitative estimate of drug-likeness (QED) is 0.641. The molecule has 0 aromatic heterocycles. The number of sulfonamides is 1. The lowest BCUT2D eigenvalue weighted by atomic mass is 10.1. The Morgan fingerprint density at radius 1 is 1.24 bits per heavy atom. The highest BCUT2D eigenvalue weighted by molar-refractivity contribution is 7.89. The second kappa shape index (κ2) is 9.84. The van der Waals surface area contributed by atoms with E-state index in [9.17, 15) is 22.8 Å². The van der Waals surface area contributed by atoms with Crippen molar-refractivity contribution in [2.45, 2.75) is 37.1 Å². The Morgan fingerprint density at radius 2 is 1.97 bits per heavy atom. The second-order valence-electron chi connectivity index (χ2n) is 7.13. The molecule has 0 saturated carbocycles. The molecule has 0 unspecified atom stereocenters. The zero-order chi connectivity index (χ0) is 21.6. The number of piperidine rings is 1. The van der Waals surface area contributed by atoms with Crippen LogP contribution < -0.4 is 5.32 Å². The molecule has 1 saturated heterocycles. The van der Waals surface area contributed by atoms with Crippen molar-refractivity contribution >= 4 is 27.8 Å². The van der Waals surface area contributed by atoms with Gasteiger partial charge < -0.3 is 15.0 Å². The summed E-state index contributed by atoms with van der Waals surface area (Å²) in [5.41, 5.74) is 0.0351. The highest BCUT2D eigenvalue weighted by Gasteiger charge is 2.31. The first-order valence-corrected chi connectivity index (χ1v) is 10.8. The number of benzene rings is 1. The van der Waals surface area contributed by atoms with Gasteiger partial charge in [-0.15, -0.1) is 0 Å². The largest absolute Gasteiger partial charge is 0.452 e. The number of ether oxygens (including phenoxy) is 1. The van der Waals surface area contributed by atoms with E-state index in [2.05, 4.69) is 5.32 Å². The van der Waals surface area contributed by atoms with E-state index in [0.717, 1.165) is 19.3 Å². The monoisotopic (exact) mass is 425 g/mol. The first kappa shape index (κ1) is 22.8. The summed E-state index contributed by atoms with van der Waals surface area (Å²) in [4.78, 5) is 36.7. The molecule has 2 rings (SSSR count). The smallest absolute Gasteiger partial charge is 0.338 e. The molecule has 1 aliphatic rings. The molecule has 0 radical (unpaired) electrons. The average Bonchev–Trinajstić information content (AvgIpc) is 2.70. The number of nitrogens with zero attached hydrogens (tertiary/aromatic N) is 2. The van der Waals surface area contributed by atoms with Crippen molar-refractivity contribution in [1.29, 1.82) is 0 Å². The van der Waals surface area contributed by atoms with E-state index in [0.29, 0.717) is 6.54 Å². The number of rotatable bonds is 7. The van der Waals surface area contributed by atoms with Gasteiger partial charge in [-0.3, -0.25) is 9.59 Å². The van der Waals surface area contributed by atoms with Crippen LogP contribution in [0.2, 0.25) is 0 Å². The summed E-state index contributed by atoms with van der Waals surface area (Å²) in [6.07, 6.45) is 2.59. The zero-order valence-corrected chi connectivity index (χ0v) is 17.7. The molecule has 0 bridgehead atoms. The van der Waals surface area contributed by atoms with Crippen LogP contribution in [-0.2, 0) is 24.3 Å². The number of likely N-dealkylation sites (N-methyl/N-ethyl adjacent to an activating group) is 1. The molecule has 1 atom stereocenters. The lowest BCUT2D eigenvalue weighted by Crippen LogP contribution is -2.41. The summed E-state index contributed by atoms with van der Waals surface area (Å²) in [6, 6.07) is 5.49. The molecule has 10 heteroatoms. The number of hydrogen-bond acceptors (Lipinski definition) is 6. The predicted octanol–water partition coefficient (Wildman–Crippen LogP) is 0.611. The highest BCUT2D eigenvalue weighted by atomic mass is 32.2. The lowest BCUT2D eigenvalue weighted by molar-refractivity contribution is -0.131. The van der Waals surface area contributed by atoms with E-state index in [1.807, 2.05) is 6.92 Å². The van der Waals surface area contributed by atoms with Gasteiger partial charge in [0.2, 0.25) is 15.9 Å². The minimum atomic E-state index is -3.72. The normalized spacial score (nSPS) is 17.4. The van der Waals surface area contributed by atoms with E-state index in [1.54, 1.807) is 14.1 Å². The molecule has 0 aliphatic carbocycles. The number of nitrogens with one attached hydrogen (secondary N) is 1. The van der Waals surface area contributed by atoms with Crippen LogP contribution in [0, 0.1) is 0 Å². The Bertz CT molecular complexity index is 868. The summed E-state index contributed by atoms with van der Waals surface area (Å²) < 4.78 is 32.2. The Morgan fingerprint density at radius 3 is 2.62 bits per heavy atom. The number of carbonyl (C=O) groups excluding carboxylic acids is 3. The molecule has 0 spiro atoms. The fourth-order valence-corrected chi connectivity index (χ4v) is 4.69. The van der Waals surface area contributed by atoms with Crippen LogP contribution in [-0.4, -0.2) is 75.2 Å². The van der Waals surface area contributed by atoms with Crippen LogP contribution in [0.3, 0.4) is 0 Å². The van der Waals surface area contributed by atoms with Crippen LogP contribution in [0.25, 0.3) is 0 Å². The summed E-state index contributed by atoms with van der Waals surface area (Å²) in [5.74, 6) is -1.74. The fourth-order valence-electron chi connectivity index (χ4n) is 2.95. The Labute approximate surface area is 171 Å². The number of carbonyl (C=O) groups is 3. The van der Waals surface area contributed by atoms with Gasteiger partial charge in [0, 0.05) is 26.7 Å². The van der Waals surface area contributed by atoms with Crippen molar-refractivity contribution in [1.82, 2.24) is 14.5 Å². The maximum Gasteiger partial charge on any atom is 0.338 e. The standard InChI is InChI=1S/C19H27N3O6S/c1-14-7-4-5-10-22(14)29(26,27)16-9-6-8-15(11-16)19(25)28-13-17(23)20-12-18(24)21(2)3/h6,8-9,11,14H,4-5,7,10,12-13H2,1-3H3,(H,20,23)/t14-/m0/s1. The van der Waals surface area contributed by atoms with Gasteiger partial charge in [0.25, 0.3) is 5.91 Å². The van der Waals surface area contributed by atoms with E-state index in [4.69, 9.17) is 4.74 Å². The first-order chi connectivity index (χ1) is 13.6. The van der Waals surface area contributed by atoms with E-state index in [1.165, 1.54) is 33.5 Å². The molecule has 1 aromatic carbocycles. The van der Waals surface area contributed by atoms with Gasteiger partial charge in [0.15, 0.2) is 6.61 Å². The molecule has 2 amide bonds. The average molecular weight is 426 g/mol. The van der Waals surface area contributed by atoms with Gasteiger partial charge in [0.05, 0.1) is 17.0 Å². The summed E-state index contributed by atoms with van der Waals surface area (Å²) in [5, 5.41) is 2.34. The van der Waals surface area contributed by atoms with Crippen LogP contribution in [0.15, 0.2) is 29.2 Å². The third-order valence-electron chi connectivity index (χ3n) is 4.69. The molecular weight excluding hydrogens is 398 g/mol. The molecule has 29 heavy (non-hydrogen) atoms. The second-order valence-corrected chi connectivity index (χ2v) is 9.02. The van der Waals surface area contributed by atoms with Gasteiger partial charge in [0.1, 0.15) is 0 Å². The molecule has 1 aliphatic heterocycles. The molecular formula is C19H27N3O6S. The van der Waals surface area contributed by atoms with Gasteiger partial charge in [-0.1, -0.05) is 12.5 Å². The van der Waals surface area contributed by atoms with E-state index in [-0.39, 0.29) is 29.0 Å². The molecule has 1 N–H and O–H groups in total. The van der Waals surface area contributed by atoms with Crippen LogP contribution >= 0.6 is 0 Å². The SMILES string of the molecule is C[C@H]1CCCCN1S(=O)(=O)c1cccc(C(=O)OCC(=O)NCC(=O)N(C)C)c1. The van der Waals surface area contributed by atoms with Crippen LogP contribution in [0.1, 0.15) is 36.5 Å². The highest BCUT2D eigenvalue weighted by Crippen LogP contribution is 2.25. The van der Waals surface area contributed by atoms with Crippen molar-refractivity contribution < 1.29 is 27.5 Å². The number of esters is 1. The first-order valence-electron chi connectivity index (χ1n) is 9.39. The molecule has 9 nitrogen and oxygen atoms in total. The van der Waals surface area contributed by atoms with Crippen LogP contribution in [0.4, 0.5) is 0 Å². The predicted molar refractivity (Wildman–Crippen MR) is 106 cm³/mol. The molecule has 1 heterocycles. The Balaban J connectivity index is 2.00. The minimum Gasteiger partial charge on any atom is -0.452 e. The summed E-state index contributed by atoms with van der Waals surface area (Å²) in [6.45, 7) is 1.54. The van der Waals surface area contributed by atoms with Crippen molar-refractivity contribution in [2.75, 3.05) is 33.8 Å². The van der Waals surface area contributed by atoms with Gasteiger partial charge >= 0.3 is 5.97 Å². The van der Waals surface area contributed by atoms with Gasteiger partial charge in [-0.25, -0.2) is 13.2 Å². The fraction of sp³-hybridized carbons (Fsp3) is 0.526. The number of hydrogen-bond donors (Lipinski definition) is 1. The van der Waals surface area contributed by atoms with Crippen molar-refractivity contribution in [3.05, 3.63) is 29.8 Å². The zero-order valence-electron chi connectivity index (χ0n) is 16.9. The lowest BCUT2D eigenvalue weighted by Gasteiger charge is -2.32. The maximum atomic E-state index is 12.9. The number of amides is 2. The minimum absolute atomic E-state index is 0.0155.